The first-order chi connectivity index (χ1) is 12.2. The maximum atomic E-state index is 12.1. The largest absolute Gasteiger partial charge is 0.493 e. The van der Waals surface area contributed by atoms with Crippen molar-refractivity contribution in [2.75, 3.05) is 20.2 Å². The molecule has 1 aromatic carbocycles. The summed E-state index contributed by atoms with van der Waals surface area (Å²) in [6.07, 6.45) is 7.85. The van der Waals surface area contributed by atoms with Gasteiger partial charge in [-0.3, -0.25) is 4.90 Å². The SMILES string of the molecule is COc1ccc2c3c1O[C@@H]1CCC[C@]4(O)[C@H](C2)N(CC2CC2)CC[C@@]314. The van der Waals surface area contributed by atoms with E-state index in [-0.39, 0.29) is 17.6 Å². The maximum Gasteiger partial charge on any atom is 0.165 e. The Morgan fingerprint density at radius 2 is 2.16 bits per heavy atom. The van der Waals surface area contributed by atoms with Crippen molar-refractivity contribution in [3.8, 4) is 11.5 Å². The highest BCUT2D eigenvalue weighted by molar-refractivity contribution is 5.62. The molecule has 6 rings (SSSR count). The first kappa shape index (κ1) is 14.9. The molecule has 1 saturated heterocycles. The summed E-state index contributed by atoms with van der Waals surface area (Å²) >= 11 is 0. The molecule has 2 bridgehead atoms. The molecule has 0 amide bonds. The van der Waals surface area contributed by atoms with Crippen molar-refractivity contribution in [2.24, 2.45) is 5.92 Å². The number of methoxy groups -OCH3 is 1. The number of hydrogen-bond donors (Lipinski definition) is 1. The zero-order valence-electron chi connectivity index (χ0n) is 15.0. The van der Waals surface area contributed by atoms with E-state index >= 15 is 0 Å². The molecule has 1 aromatic rings. The van der Waals surface area contributed by atoms with Crippen molar-refractivity contribution >= 4 is 0 Å². The minimum Gasteiger partial charge on any atom is -0.493 e. The predicted octanol–water partition coefficient (Wildman–Crippen LogP) is 2.65. The van der Waals surface area contributed by atoms with Crippen LogP contribution < -0.4 is 9.47 Å². The zero-order chi connectivity index (χ0) is 16.8. The van der Waals surface area contributed by atoms with Crippen molar-refractivity contribution in [3.05, 3.63) is 23.3 Å². The molecule has 3 fully saturated rings. The van der Waals surface area contributed by atoms with E-state index < -0.39 is 5.60 Å². The van der Waals surface area contributed by atoms with Crippen molar-refractivity contribution in [1.82, 2.24) is 4.90 Å². The van der Waals surface area contributed by atoms with Crippen molar-refractivity contribution in [1.29, 1.82) is 0 Å². The van der Waals surface area contributed by atoms with Crippen LogP contribution in [0.4, 0.5) is 0 Å². The van der Waals surface area contributed by atoms with Gasteiger partial charge in [-0.2, -0.15) is 0 Å². The van der Waals surface area contributed by atoms with E-state index in [1.54, 1.807) is 7.11 Å². The topological polar surface area (TPSA) is 41.9 Å². The number of benzene rings is 1. The van der Waals surface area contributed by atoms with E-state index in [1.807, 2.05) is 0 Å². The van der Waals surface area contributed by atoms with Crippen LogP contribution in [0.25, 0.3) is 0 Å². The highest BCUT2D eigenvalue weighted by Crippen LogP contribution is 2.65. The minimum atomic E-state index is -0.645. The van der Waals surface area contributed by atoms with Crippen molar-refractivity contribution < 1.29 is 14.6 Å². The van der Waals surface area contributed by atoms with Crippen LogP contribution in [0.1, 0.15) is 49.7 Å². The Balaban J connectivity index is 1.55. The molecule has 134 valence electrons. The molecular formula is C21H27NO3. The monoisotopic (exact) mass is 341 g/mol. The molecule has 2 aliphatic heterocycles. The van der Waals surface area contributed by atoms with E-state index in [4.69, 9.17) is 9.47 Å². The summed E-state index contributed by atoms with van der Waals surface area (Å²) in [5.74, 6) is 2.63. The summed E-state index contributed by atoms with van der Waals surface area (Å²) in [6.45, 7) is 2.27. The van der Waals surface area contributed by atoms with Gasteiger partial charge < -0.3 is 14.6 Å². The molecule has 5 aliphatic rings. The van der Waals surface area contributed by atoms with Crippen LogP contribution in [-0.4, -0.2) is 48.0 Å². The van der Waals surface area contributed by atoms with E-state index in [0.717, 1.165) is 56.1 Å². The Morgan fingerprint density at radius 1 is 1.28 bits per heavy atom. The summed E-state index contributed by atoms with van der Waals surface area (Å²) in [5.41, 5.74) is 1.82. The van der Waals surface area contributed by atoms with E-state index in [2.05, 4.69) is 17.0 Å². The molecule has 1 spiro atoms. The Bertz CT molecular complexity index is 745. The molecule has 0 aromatic heterocycles. The Hall–Kier alpha value is -1.26. The normalized spacial score (nSPS) is 41.2. The van der Waals surface area contributed by atoms with Gasteiger partial charge in [-0.1, -0.05) is 6.07 Å². The van der Waals surface area contributed by atoms with Crippen LogP contribution in [0, 0.1) is 5.92 Å². The van der Waals surface area contributed by atoms with E-state index in [1.165, 1.54) is 30.5 Å². The Morgan fingerprint density at radius 3 is 2.96 bits per heavy atom. The smallest absolute Gasteiger partial charge is 0.165 e. The lowest BCUT2D eigenvalue weighted by Crippen LogP contribution is -2.75. The number of ether oxygens (including phenoxy) is 2. The number of rotatable bonds is 3. The second-order valence-corrected chi connectivity index (χ2v) is 8.93. The van der Waals surface area contributed by atoms with Crippen molar-refractivity contribution in [3.63, 3.8) is 0 Å². The predicted molar refractivity (Wildman–Crippen MR) is 94.3 cm³/mol. The molecule has 4 nitrogen and oxygen atoms in total. The second kappa shape index (κ2) is 4.72. The van der Waals surface area contributed by atoms with Crippen LogP contribution in [-0.2, 0) is 11.8 Å². The Labute approximate surface area is 149 Å². The van der Waals surface area contributed by atoms with Gasteiger partial charge in [0.05, 0.1) is 18.1 Å². The molecule has 4 heteroatoms. The molecular weight excluding hydrogens is 314 g/mol. The van der Waals surface area contributed by atoms with Gasteiger partial charge >= 0.3 is 0 Å². The maximum absolute atomic E-state index is 12.1. The van der Waals surface area contributed by atoms with Gasteiger partial charge in [-0.15, -0.1) is 0 Å². The van der Waals surface area contributed by atoms with Gasteiger partial charge in [0.15, 0.2) is 11.5 Å². The third-order valence-corrected chi connectivity index (χ3v) is 7.87. The number of piperidine rings is 1. The van der Waals surface area contributed by atoms with Gasteiger partial charge in [0.2, 0.25) is 0 Å². The molecule has 2 heterocycles. The van der Waals surface area contributed by atoms with E-state index in [9.17, 15) is 5.11 Å². The molecule has 1 N–H and O–H groups in total. The fraction of sp³-hybridized carbons (Fsp3) is 0.714. The lowest BCUT2D eigenvalue weighted by atomic mass is 9.49. The van der Waals surface area contributed by atoms with Gasteiger partial charge in [0.1, 0.15) is 6.10 Å². The van der Waals surface area contributed by atoms with E-state index in [0.29, 0.717) is 0 Å². The minimum absolute atomic E-state index is 0.113. The fourth-order valence-electron chi connectivity index (χ4n) is 6.63. The van der Waals surface area contributed by atoms with Crippen LogP contribution in [0.5, 0.6) is 11.5 Å². The molecule has 0 unspecified atom stereocenters. The van der Waals surface area contributed by atoms with Crippen LogP contribution >= 0.6 is 0 Å². The molecule has 2 saturated carbocycles. The van der Waals surface area contributed by atoms with Gasteiger partial charge in [0, 0.05) is 18.2 Å². The number of likely N-dealkylation sites (tertiary alicyclic amines) is 1. The van der Waals surface area contributed by atoms with Crippen LogP contribution in [0.2, 0.25) is 0 Å². The summed E-state index contributed by atoms with van der Waals surface area (Å²) in [4.78, 5) is 2.62. The summed E-state index contributed by atoms with van der Waals surface area (Å²) in [7, 11) is 1.72. The molecule has 25 heavy (non-hydrogen) atoms. The first-order valence-electron chi connectivity index (χ1n) is 10.0. The van der Waals surface area contributed by atoms with Gasteiger partial charge in [0.25, 0.3) is 0 Å². The summed E-state index contributed by atoms with van der Waals surface area (Å²) in [6, 6.07) is 4.54. The molecule has 4 atom stereocenters. The van der Waals surface area contributed by atoms with Crippen LogP contribution in [0.3, 0.4) is 0 Å². The average molecular weight is 341 g/mol. The standard InChI is InChI=1S/C21H27NO3/c1-24-15-7-6-14-11-16-21(23)8-2-3-17-20(21,18(14)19(15)25-17)9-10-22(16)12-13-4-5-13/h6-7,13,16-17,23H,2-5,8-12H2,1H3/t16-,17+,20-,21-/m0/s1. The van der Waals surface area contributed by atoms with Gasteiger partial charge in [-0.25, -0.2) is 0 Å². The quantitative estimate of drug-likeness (QED) is 0.918. The lowest BCUT2D eigenvalue weighted by Gasteiger charge is -2.63. The molecule has 0 radical (unpaired) electrons. The van der Waals surface area contributed by atoms with Crippen LogP contribution in [0.15, 0.2) is 12.1 Å². The third kappa shape index (κ3) is 1.66. The lowest BCUT2D eigenvalue weighted by molar-refractivity contribution is -0.185. The highest BCUT2D eigenvalue weighted by Gasteiger charge is 2.71. The zero-order valence-corrected chi connectivity index (χ0v) is 15.0. The number of nitrogens with zero attached hydrogens (tertiary/aromatic N) is 1. The Kier molecular flexibility index (Phi) is 2.80. The number of aliphatic hydroxyl groups is 1. The summed E-state index contributed by atoms with van der Waals surface area (Å²) < 4.78 is 12.1. The number of hydrogen-bond acceptors (Lipinski definition) is 4. The highest BCUT2D eigenvalue weighted by atomic mass is 16.5. The third-order valence-electron chi connectivity index (χ3n) is 7.87. The first-order valence-corrected chi connectivity index (χ1v) is 10.0. The van der Waals surface area contributed by atoms with Gasteiger partial charge in [-0.05, 0) is 69.0 Å². The fourth-order valence-corrected chi connectivity index (χ4v) is 6.63. The summed E-state index contributed by atoms with van der Waals surface area (Å²) in [5, 5.41) is 12.1. The van der Waals surface area contributed by atoms with Crippen molar-refractivity contribution in [2.45, 2.75) is 68.1 Å². The second-order valence-electron chi connectivity index (χ2n) is 8.93. The average Bonchev–Trinajstić information content (AvgIpc) is 3.35. The molecule has 3 aliphatic carbocycles.